The molecule has 0 aliphatic carbocycles. The smallest absolute Gasteiger partial charge is 0.0827 e. The summed E-state index contributed by atoms with van der Waals surface area (Å²) in [6, 6.07) is 18.3. The Labute approximate surface area is 128 Å². The van der Waals surface area contributed by atoms with Crippen molar-refractivity contribution in [3.8, 4) is 0 Å². The maximum absolute atomic E-state index is 6.24. The summed E-state index contributed by atoms with van der Waals surface area (Å²) in [6.45, 7) is 1.99. The van der Waals surface area contributed by atoms with Crippen LogP contribution in [0.25, 0.3) is 10.8 Å². The van der Waals surface area contributed by atoms with Gasteiger partial charge in [-0.05, 0) is 47.5 Å². The third kappa shape index (κ3) is 2.60. The van der Waals surface area contributed by atoms with E-state index in [1.807, 2.05) is 37.3 Å². The van der Waals surface area contributed by atoms with E-state index in [2.05, 4.69) is 29.6 Å². The maximum atomic E-state index is 6.24. The van der Waals surface area contributed by atoms with Crippen LogP contribution >= 0.6 is 23.2 Å². The van der Waals surface area contributed by atoms with Gasteiger partial charge in [0.05, 0.1) is 15.7 Å². The van der Waals surface area contributed by atoms with Crippen molar-refractivity contribution in [3.63, 3.8) is 0 Å². The highest BCUT2D eigenvalue weighted by Crippen LogP contribution is 2.33. The number of hydrogen-bond acceptors (Lipinski definition) is 1. The van der Waals surface area contributed by atoms with Crippen molar-refractivity contribution in [1.82, 2.24) is 0 Å². The molecular formula is C17H13Cl2N. The van der Waals surface area contributed by atoms with Crippen molar-refractivity contribution < 1.29 is 0 Å². The molecule has 0 aliphatic rings. The first-order chi connectivity index (χ1) is 9.63. The van der Waals surface area contributed by atoms with Crippen molar-refractivity contribution in [2.75, 3.05) is 5.32 Å². The quantitative estimate of drug-likeness (QED) is 0.594. The molecule has 0 aromatic heterocycles. The number of fused-ring (bicyclic) bond motifs is 1. The van der Waals surface area contributed by atoms with Gasteiger partial charge in [0.15, 0.2) is 0 Å². The van der Waals surface area contributed by atoms with Crippen molar-refractivity contribution in [2.45, 2.75) is 6.92 Å². The molecule has 0 aliphatic heterocycles. The minimum atomic E-state index is 0.547. The van der Waals surface area contributed by atoms with E-state index in [0.29, 0.717) is 10.0 Å². The van der Waals surface area contributed by atoms with Crippen molar-refractivity contribution in [1.29, 1.82) is 0 Å². The van der Waals surface area contributed by atoms with Crippen LogP contribution < -0.4 is 5.32 Å². The molecule has 0 atom stereocenters. The van der Waals surface area contributed by atoms with E-state index in [4.69, 9.17) is 23.2 Å². The number of hydrogen-bond donors (Lipinski definition) is 1. The molecule has 100 valence electrons. The van der Waals surface area contributed by atoms with Gasteiger partial charge in [0, 0.05) is 5.69 Å². The summed E-state index contributed by atoms with van der Waals surface area (Å²) in [5, 5.41) is 6.84. The van der Waals surface area contributed by atoms with Crippen LogP contribution in [0.1, 0.15) is 5.56 Å². The number of halogens is 2. The zero-order valence-electron chi connectivity index (χ0n) is 11.0. The Morgan fingerprint density at radius 1 is 0.850 bits per heavy atom. The molecule has 0 spiro atoms. The lowest BCUT2D eigenvalue weighted by molar-refractivity contribution is 1.45. The average Bonchev–Trinajstić information content (AvgIpc) is 2.44. The highest BCUT2D eigenvalue weighted by molar-refractivity contribution is 6.43. The molecule has 3 aromatic carbocycles. The summed E-state index contributed by atoms with van der Waals surface area (Å²) in [5.41, 5.74) is 2.89. The van der Waals surface area contributed by atoms with Gasteiger partial charge in [-0.25, -0.2) is 0 Å². The zero-order valence-corrected chi connectivity index (χ0v) is 12.5. The predicted octanol–water partition coefficient (Wildman–Crippen LogP) is 6.20. The lowest BCUT2D eigenvalue weighted by atomic mass is 10.1. The largest absolute Gasteiger partial charge is 0.354 e. The zero-order chi connectivity index (χ0) is 14.1. The molecule has 0 amide bonds. The van der Waals surface area contributed by atoms with Gasteiger partial charge >= 0.3 is 0 Å². The Kier molecular flexibility index (Phi) is 3.56. The van der Waals surface area contributed by atoms with Gasteiger partial charge in [-0.1, -0.05) is 53.5 Å². The number of anilines is 2. The average molecular weight is 302 g/mol. The van der Waals surface area contributed by atoms with E-state index in [1.54, 1.807) is 0 Å². The van der Waals surface area contributed by atoms with Crippen LogP contribution in [0.4, 0.5) is 11.4 Å². The highest BCUT2D eigenvalue weighted by Gasteiger charge is 2.06. The molecule has 0 saturated carbocycles. The van der Waals surface area contributed by atoms with E-state index < -0.39 is 0 Å². The summed E-state index contributed by atoms with van der Waals surface area (Å²) in [5.74, 6) is 0. The third-order valence-electron chi connectivity index (χ3n) is 3.20. The SMILES string of the molecule is Cc1cc(Cl)c(Cl)c(Nc2ccc3ccccc3c2)c1. The fourth-order valence-corrected chi connectivity index (χ4v) is 2.67. The van der Waals surface area contributed by atoms with Crippen LogP contribution in [-0.2, 0) is 0 Å². The highest BCUT2D eigenvalue weighted by atomic mass is 35.5. The number of nitrogens with one attached hydrogen (secondary N) is 1. The van der Waals surface area contributed by atoms with Crippen molar-refractivity contribution in [2.24, 2.45) is 0 Å². The molecule has 0 heterocycles. The van der Waals surface area contributed by atoms with Gasteiger partial charge in [-0.2, -0.15) is 0 Å². The molecule has 0 fully saturated rings. The summed E-state index contributed by atoms with van der Waals surface area (Å²) in [6.07, 6.45) is 0. The van der Waals surface area contributed by atoms with Crippen molar-refractivity contribution in [3.05, 3.63) is 70.2 Å². The topological polar surface area (TPSA) is 12.0 Å². The molecular weight excluding hydrogens is 289 g/mol. The second-order valence-electron chi connectivity index (χ2n) is 4.80. The molecule has 20 heavy (non-hydrogen) atoms. The van der Waals surface area contributed by atoms with Gasteiger partial charge in [0.25, 0.3) is 0 Å². The molecule has 0 radical (unpaired) electrons. The Bertz CT molecular complexity index is 781. The van der Waals surface area contributed by atoms with Crippen LogP contribution in [0, 0.1) is 6.92 Å². The van der Waals surface area contributed by atoms with Crippen LogP contribution in [0.5, 0.6) is 0 Å². The van der Waals surface area contributed by atoms with Gasteiger partial charge in [0.2, 0.25) is 0 Å². The van der Waals surface area contributed by atoms with Gasteiger partial charge in [-0.3, -0.25) is 0 Å². The Balaban J connectivity index is 2.01. The van der Waals surface area contributed by atoms with Gasteiger partial charge in [-0.15, -0.1) is 0 Å². The molecule has 3 aromatic rings. The molecule has 0 saturated heterocycles. The van der Waals surface area contributed by atoms with Crippen LogP contribution in [0.2, 0.25) is 10.0 Å². The molecule has 1 N–H and O–H groups in total. The minimum absolute atomic E-state index is 0.547. The minimum Gasteiger partial charge on any atom is -0.354 e. The van der Waals surface area contributed by atoms with Gasteiger partial charge < -0.3 is 5.32 Å². The molecule has 3 heteroatoms. The first kappa shape index (κ1) is 13.3. The Morgan fingerprint density at radius 2 is 1.60 bits per heavy atom. The van der Waals surface area contributed by atoms with Gasteiger partial charge in [0.1, 0.15) is 0 Å². The molecule has 0 bridgehead atoms. The maximum Gasteiger partial charge on any atom is 0.0827 e. The molecule has 3 rings (SSSR count). The summed E-state index contributed by atoms with van der Waals surface area (Å²) < 4.78 is 0. The predicted molar refractivity (Wildman–Crippen MR) is 88.4 cm³/mol. The van der Waals surface area contributed by atoms with Crippen LogP contribution in [0.15, 0.2) is 54.6 Å². The monoisotopic (exact) mass is 301 g/mol. The number of aryl methyl sites for hydroxylation is 1. The number of rotatable bonds is 2. The van der Waals surface area contributed by atoms with Crippen molar-refractivity contribution >= 4 is 45.3 Å². The second kappa shape index (κ2) is 5.35. The third-order valence-corrected chi connectivity index (χ3v) is 4.00. The normalized spacial score (nSPS) is 10.8. The second-order valence-corrected chi connectivity index (χ2v) is 5.58. The Hall–Kier alpha value is -1.70. The molecule has 1 nitrogen and oxygen atoms in total. The van der Waals surface area contributed by atoms with E-state index in [0.717, 1.165) is 16.9 Å². The first-order valence-corrected chi connectivity index (χ1v) is 7.10. The van der Waals surface area contributed by atoms with Crippen LogP contribution in [0.3, 0.4) is 0 Å². The van der Waals surface area contributed by atoms with Crippen LogP contribution in [-0.4, -0.2) is 0 Å². The fourth-order valence-electron chi connectivity index (χ4n) is 2.24. The van der Waals surface area contributed by atoms with E-state index in [-0.39, 0.29) is 0 Å². The first-order valence-electron chi connectivity index (χ1n) is 6.35. The lowest BCUT2D eigenvalue weighted by Gasteiger charge is -2.11. The number of benzene rings is 3. The standard InChI is InChI=1S/C17H13Cl2N/c1-11-8-15(18)17(19)16(9-11)20-14-7-6-12-4-2-3-5-13(12)10-14/h2-10,20H,1H3. The van der Waals surface area contributed by atoms with E-state index in [9.17, 15) is 0 Å². The van der Waals surface area contributed by atoms with E-state index in [1.165, 1.54) is 10.8 Å². The molecule has 0 unspecified atom stereocenters. The summed E-state index contributed by atoms with van der Waals surface area (Å²) >= 11 is 12.3. The van der Waals surface area contributed by atoms with E-state index >= 15 is 0 Å². The summed E-state index contributed by atoms with van der Waals surface area (Å²) in [4.78, 5) is 0. The Morgan fingerprint density at radius 3 is 2.40 bits per heavy atom. The lowest BCUT2D eigenvalue weighted by Crippen LogP contribution is -1.92. The fraction of sp³-hybridized carbons (Fsp3) is 0.0588. The summed E-state index contributed by atoms with van der Waals surface area (Å²) in [7, 11) is 0.